The van der Waals surface area contributed by atoms with Crippen molar-refractivity contribution in [3.63, 3.8) is 0 Å². The van der Waals surface area contributed by atoms with Gasteiger partial charge in [-0.1, -0.05) is 31.0 Å². The van der Waals surface area contributed by atoms with E-state index in [-0.39, 0.29) is 0 Å². The third-order valence-electron chi connectivity index (χ3n) is 4.93. The third-order valence-corrected chi connectivity index (χ3v) is 4.93. The molecule has 0 fully saturated rings. The number of carbonyl (C=O) groups excluding carboxylic acids is 3. The zero-order valence-corrected chi connectivity index (χ0v) is 21.6. The molecule has 8 heteroatoms. The molecule has 0 aliphatic rings. The second-order valence-electron chi connectivity index (χ2n) is 10.3. The number of hydrogen-bond donors (Lipinski definition) is 3. The van der Waals surface area contributed by atoms with Crippen LogP contribution in [0.5, 0.6) is 0 Å². The van der Waals surface area contributed by atoms with Crippen molar-refractivity contribution in [1.82, 2.24) is 15.5 Å². The summed E-state index contributed by atoms with van der Waals surface area (Å²) >= 11 is 0. The lowest BCUT2D eigenvalue weighted by Crippen LogP contribution is -2.57. The number of alkyl carbamates (subject to hydrolysis) is 1. The molecule has 3 atom stereocenters. The lowest BCUT2D eigenvalue weighted by Gasteiger charge is -2.39. The van der Waals surface area contributed by atoms with E-state index in [0.717, 1.165) is 0 Å². The van der Waals surface area contributed by atoms with Crippen LogP contribution in [0.4, 0.5) is 4.79 Å². The van der Waals surface area contributed by atoms with E-state index in [9.17, 15) is 19.5 Å². The van der Waals surface area contributed by atoms with Gasteiger partial charge in [0.25, 0.3) is 0 Å². The Morgan fingerprint density at radius 1 is 1.15 bits per heavy atom. The number of amides is 3. The quantitative estimate of drug-likeness (QED) is 0.503. The van der Waals surface area contributed by atoms with Crippen molar-refractivity contribution in [3.05, 3.63) is 35.4 Å². The standard InChI is InChI=1S/C26H39N3O5/c1-10-17(3)29(23(32)20(16-30)27-24(33)34-26(7,8)9)21(22(31)28-25(4,5)6)19-15-13-12-14-18(19)11-2/h2,12-15,17,20-21,30H,10,16H2,1,3-9H3,(H,27,33)(H,28,31). The van der Waals surface area contributed by atoms with Crippen molar-refractivity contribution in [1.29, 1.82) is 0 Å². The molecule has 0 aliphatic heterocycles. The number of benzene rings is 1. The smallest absolute Gasteiger partial charge is 0.408 e. The Morgan fingerprint density at radius 3 is 2.21 bits per heavy atom. The van der Waals surface area contributed by atoms with Gasteiger partial charge in [0.15, 0.2) is 0 Å². The van der Waals surface area contributed by atoms with E-state index in [2.05, 4.69) is 16.6 Å². The zero-order valence-electron chi connectivity index (χ0n) is 21.6. The summed E-state index contributed by atoms with van der Waals surface area (Å²) in [6, 6.07) is 4.11. The molecule has 0 spiro atoms. The highest BCUT2D eigenvalue weighted by atomic mass is 16.6. The van der Waals surface area contributed by atoms with Crippen molar-refractivity contribution in [2.75, 3.05) is 6.61 Å². The Balaban J connectivity index is 3.56. The van der Waals surface area contributed by atoms with Crippen molar-refractivity contribution >= 4 is 17.9 Å². The number of nitrogens with zero attached hydrogens (tertiary/aromatic N) is 1. The molecule has 8 nitrogen and oxygen atoms in total. The maximum Gasteiger partial charge on any atom is 0.408 e. The van der Waals surface area contributed by atoms with Crippen LogP contribution in [-0.2, 0) is 14.3 Å². The second-order valence-corrected chi connectivity index (χ2v) is 10.3. The molecule has 3 amide bonds. The maximum atomic E-state index is 13.7. The highest BCUT2D eigenvalue weighted by Crippen LogP contribution is 2.29. The number of nitrogens with one attached hydrogen (secondary N) is 2. The van der Waals surface area contributed by atoms with Crippen LogP contribution in [0.15, 0.2) is 24.3 Å². The Morgan fingerprint density at radius 2 is 1.74 bits per heavy atom. The van der Waals surface area contributed by atoms with Crippen LogP contribution in [0.25, 0.3) is 0 Å². The fourth-order valence-corrected chi connectivity index (χ4v) is 3.33. The predicted molar refractivity (Wildman–Crippen MR) is 132 cm³/mol. The Labute approximate surface area is 203 Å². The fraction of sp³-hybridized carbons (Fsp3) is 0.577. The average Bonchev–Trinajstić information content (AvgIpc) is 2.72. The topological polar surface area (TPSA) is 108 Å². The molecule has 0 saturated carbocycles. The second kappa shape index (κ2) is 11.9. The van der Waals surface area contributed by atoms with E-state index in [1.165, 1.54) is 4.90 Å². The van der Waals surface area contributed by atoms with Crippen LogP contribution in [-0.4, -0.2) is 57.7 Å². The maximum absolute atomic E-state index is 13.7. The number of rotatable bonds is 8. The normalized spacial score (nSPS) is 14.2. The van der Waals surface area contributed by atoms with Crippen LogP contribution < -0.4 is 10.6 Å². The van der Waals surface area contributed by atoms with Gasteiger partial charge in [0.05, 0.1) is 6.61 Å². The molecule has 0 radical (unpaired) electrons. The number of terminal acetylenes is 1. The Bertz CT molecular complexity index is 908. The van der Waals surface area contributed by atoms with Gasteiger partial charge in [-0.25, -0.2) is 4.79 Å². The van der Waals surface area contributed by atoms with E-state index in [1.807, 2.05) is 27.7 Å². The number of aliphatic hydroxyl groups excluding tert-OH is 1. The molecular weight excluding hydrogens is 434 g/mol. The molecule has 188 valence electrons. The van der Waals surface area contributed by atoms with Gasteiger partial charge >= 0.3 is 6.09 Å². The molecule has 0 heterocycles. The van der Waals surface area contributed by atoms with Gasteiger partial charge < -0.3 is 25.4 Å². The van der Waals surface area contributed by atoms with Gasteiger partial charge in [0.1, 0.15) is 17.7 Å². The van der Waals surface area contributed by atoms with Gasteiger partial charge in [0, 0.05) is 17.1 Å². The molecule has 34 heavy (non-hydrogen) atoms. The van der Waals surface area contributed by atoms with Gasteiger partial charge in [0.2, 0.25) is 11.8 Å². The molecular formula is C26H39N3O5. The molecule has 0 saturated heterocycles. The molecule has 1 rings (SSSR count). The lowest BCUT2D eigenvalue weighted by molar-refractivity contribution is -0.146. The van der Waals surface area contributed by atoms with Gasteiger partial charge in [-0.15, -0.1) is 6.42 Å². The first-order valence-electron chi connectivity index (χ1n) is 11.4. The number of hydrogen-bond acceptors (Lipinski definition) is 5. The molecule has 1 aromatic carbocycles. The van der Waals surface area contributed by atoms with Crippen LogP contribution >= 0.6 is 0 Å². The van der Waals surface area contributed by atoms with Gasteiger partial charge in [-0.05, 0) is 66.5 Å². The van der Waals surface area contributed by atoms with E-state index >= 15 is 0 Å². The fourth-order valence-electron chi connectivity index (χ4n) is 3.33. The molecule has 1 aromatic rings. The van der Waals surface area contributed by atoms with E-state index in [1.54, 1.807) is 52.0 Å². The highest BCUT2D eigenvalue weighted by molar-refractivity contribution is 5.93. The Kier molecular flexibility index (Phi) is 10.1. The first-order valence-corrected chi connectivity index (χ1v) is 11.4. The summed E-state index contributed by atoms with van der Waals surface area (Å²) in [5.41, 5.74) is -0.409. The molecule has 3 N–H and O–H groups in total. The summed E-state index contributed by atoms with van der Waals surface area (Å²) in [4.78, 5) is 41.0. The SMILES string of the molecule is C#Cc1ccccc1C(C(=O)NC(C)(C)C)N(C(=O)C(CO)NC(=O)OC(C)(C)C)C(C)CC. The molecule has 0 aromatic heterocycles. The minimum atomic E-state index is -1.31. The van der Waals surface area contributed by atoms with E-state index in [0.29, 0.717) is 17.5 Å². The minimum absolute atomic E-state index is 0.413. The summed E-state index contributed by atoms with van der Waals surface area (Å²) < 4.78 is 5.24. The summed E-state index contributed by atoms with van der Waals surface area (Å²) in [7, 11) is 0. The monoisotopic (exact) mass is 473 g/mol. The van der Waals surface area contributed by atoms with E-state index < -0.39 is 53.8 Å². The summed E-state index contributed by atoms with van der Waals surface area (Å²) in [5, 5.41) is 15.3. The summed E-state index contributed by atoms with van der Waals surface area (Å²) in [6.07, 6.45) is 5.39. The van der Waals surface area contributed by atoms with Gasteiger partial charge in [-0.3, -0.25) is 9.59 Å². The largest absolute Gasteiger partial charge is 0.444 e. The number of ether oxygens (including phenoxy) is 1. The Hall–Kier alpha value is -3.05. The van der Waals surface area contributed by atoms with Crippen molar-refractivity contribution in [2.45, 2.75) is 91.1 Å². The third kappa shape index (κ3) is 8.38. The minimum Gasteiger partial charge on any atom is -0.444 e. The lowest BCUT2D eigenvalue weighted by atomic mass is 9.95. The summed E-state index contributed by atoms with van der Waals surface area (Å²) in [5.74, 6) is 1.55. The van der Waals surface area contributed by atoms with Crippen LogP contribution in [0.3, 0.4) is 0 Å². The molecule has 0 aliphatic carbocycles. The van der Waals surface area contributed by atoms with Crippen molar-refractivity contribution < 1.29 is 24.2 Å². The van der Waals surface area contributed by atoms with Crippen molar-refractivity contribution in [3.8, 4) is 12.3 Å². The van der Waals surface area contributed by atoms with Crippen LogP contribution in [0.2, 0.25) is 0 Å². The zero-order chi connectivity index (χ0) is 26.3. The number of carbonyl (C=O) groups is 3. The highest BCUT2D eigenvalue weighted by Gasteiger charge is 2.39. The first-order chi connectivity index (χ1) is 15.6. The summed E-state index contributed by atoms with van der Waals surface area (Å²) in [6.45, 7) is 13.6. The van der Waals surface area contributed by atoms with Crippen LogP contribution in [0, 0.1) is 12.3 Å². The van der Waals surface area contributed by atoms with Crippen molar-refractivity contribution in [2.24, 2.45) is 0 Å². The molecule has 0 bridgehead atoms. The molecule has 3 unspecified atom stereocenters. The first kappa shape index (κ1) is 29.0. The predicted octanol–water partition coefficient (Wildman–Crippen LogP) is 3.14. The average molecular weight is 474 g/mol. The number of aliphatic hydroxyl groups is 1. The van der Waals surface area contributed by atoms with E-state index in [4.69, 9.17) is 11.2 Å². The van der Waals surface area contributed by atoms with Crippen LogP contribution in [0.1, 0.15) is 79.0 Å². The van der Waals surface area contributed by atoms with Gasteiger partial charge in [-0.2, -0.15) is 0 Å².